The molecule has 1 atom stereocenters. The minimum atomic E-state index is -5.25. The SMILES string of the molecule is CC(=O)Nc1cc(O)ccc1[As](=O)(O)OC(=O)Cc1ccccc1. The fraction of sp³-hybridized carbons (Fsp3) is 0.125. The fourth-order valence-electron chi connectivity index (χ4n) is 2.04. The average molecular weight is 393 g/mol. The predicted molar refractivity (Wildman–Crippen MR) is 86.9 cm³/mol. The van der Waals surface area contributed by atoms with E-state index in [4.69, 9.17) is 3.73 Å². The zero-order chi connectivity index (χ0) is 17.7. The summed E-state index contributed by atoms with van der Waals surface area (Å²) in [6.45, 7) is 1.21. The summed E-state index contributed by atoms with van der Waals surface area (Å²) in [6.07, 6.45) is -0.153. The van der Waals surface area contributed by atoms with Crippen molar-refractivity contribution in [2.45, 2.75) is 13.3 Å². The van der Waals surface area contributed by atoms with Gasteiger partial charge in [0, 0.05) is 0 Å². The molecule has 126 valence electrons. The molecule has 0 fully saturated rings. The van der Waals surface area contributed by atoms with Crippen LogP contribution in [0.25, 0.3) is 0 Å². The van der Waals surface area contributed by atoms with Gasteiger partial charge in [0.1, 0.15) is 0 Å². The molecule has 2 rings (SSSR count). The van der Waals surface area contributed by atoms with Crippen LogP contribution in [0.3, 0.4) is 0 Å². The number of carbonyl (C=O) groups is 2. The summed E-state index contributed by atoms with van der Waals surface area (Å²) in [7, 11) is 0. The summed E-state index contributed by atoms with van der Waals surface area (Å²) >= 11 is -5.25. The Balaban J connectivity index is 2.22. The van der Waals surface area contributed by atoms with E-state index in [2.05, 4.69) is 5.32 Å². The number of benzene rings is 2. The van der Waals surface area contributed by atoms with Crippen LogP contribution >= 0.6 is 0 Å². The van der Waals surface area contributed by atoms with Gasteiger partial charge in [-0.2, -0.15) is 0 Å². The number of phenols is 1. The topological polar surface area (TPSA) is 113 Å². The summed E-state index contributed by atoms with van der Waals surface area (Å²) in [5, 5.41) is 11.8. The molecule has 7 nitrogen and oxygen atoms in total. The molecule has 3 N–H and O–H groups in total. The van der Waals surface area contributed by atoms with Crippen molar-refractivity contribution in [1.29, 1.82) is 0 Å². The van der Waals surface area contributed by atoms with Gasteiger partial charge in [-0.3, -0.25) is 0 Å². The molecule has 0 aliphatic heterocycles. The van der Waals surface area contributed by atoms with E-state index in [9.17, 15) is 22.5 Å². The van der Waals surface area contributed by atoms with E-state index in [1.54, 1.807) is 30.3 Å². The van der Waals surface area contributed by atoms with Crippen LogP contribution in [0.15, 0.2) is 48.5 Å². The summed E-state index contributed by atoms with van der Waals surface area (Å²) in [6, 6.07) is 12.1. The Kier molecular flexibility index (Phi) is 5.49. The van der Waals surface area contributed by atoms with Gasteiger partial charge in [0.05, 0.1) is 0 Å². The number of rotatable bonds is 5. The second kappa shape index (κ2) is 7.38. The molecule has 0 radical (unpaired) electrons. The number of amides is 1. The van der Waals surface area contributed by atoms with Gasteiger partial charge in [-0.1, -0.05) is 0 Å². The molecule has 8 heteroatoms. The molecule has 0 aliphatic carbocycles. The standard InChI is InChI=1S/C16H16AsNO6/c1-11(19)18-15-10-13(20)7-8-14(15)17(22,23)24-16(21)9-12-5-3-2-4-6-12/h2-8,10,20H,9H2,1H3,(H,18,19)(H,22,23). The molecule has 0 bridgehead atoms. The monoisotopic (exact) mass is 393 g/mol. The molecular weight excluding hydrogens is 377 g/mol. The fourth-order valence-corrected chi connectivity index (χ4v) is 4.41. The molecule has 0 aromatic heterocycles. The zero-order valence-corrected chi connectivity index (χ0v) is 14.7. The normalized spacial score (nSPS) is 12.9. The Morgan fingerprint density at radius 2 is 1.83 bits per heavy atom. The van der Waals surface area contributed by atoms with Crippen molar-refractivity contribution < 1.29 is 26.3 Å². The predicted octanol–water partition coefficient (Wildman–Crippen LogP) is 0.705. The van der Waals surface area contributed by atoms with Crippen LogP contribution in [-0.4, -0.2) is 35.3 Å². The molecule has 2 aromatic rings. The number of phenolic OH excluding ortho intramolecular Hbond substituents is 1. The zero-order valence-electron chi connectivity index (χ0n) is 12.8. The van der Waals surface area contributed by atoms with Crippen molar-refractivity contribution in [3.8, 4) is 5.75 Å². The van der Waals surface area contributed by atoms with Crippen LogP contribution < -0.4 is 9.67 Å². The van der Waals surface area contributed by atoms with Gasteiger partial charge in [-0.25, -0.2) is 0 Å². The van der Waals surface area contributed by atoms with Gasteiger partial charge in [-0.15, -0.1) is 0 Å². The Morgan fingerprint density at radius 1 is 1.17 bits per heavy atom. The Hall–Kier alpha value is -2.50. The van der Waals surface area contributed by atoms with Crippen LogP contribution in [0.1, 0.15) is 12.5 Å². The molecule has 0 heterocycles. The van der Waals surface area contributed by atoms with Crippen molar-refractivity contribution in [3.63, 3.8) is 0 Å². The third kappa shape index (κ3) is 4.75. The van der Waals surface area contributed by atoms with Crippen molar-refractivity contribution in [1.82, 2.24) is 0 Å². The second-order valence-corrected chi connectivity index (χ2v) is 8.61. The third-order valence-corrected chi connectivity index (χ3v) is 6.05. The van der Waals surface area contributed by atoms with Crippen molar-refractivity contribution in [2.75, 3.05) is 5.32 Å². The first-order chi connectivity index (χ1) is 11.3. The van der Waals surface area contributed by atoms with E-state index >= 15 is 0 Å². The van der Waals surface area contributed by atoms with Crippen molar-refractivity contribution >= 4 is 36.1 Å². The van der Waals surface area contributed by atoms with E-state index < -0.39 is 26.0 Å². The molecular formula is C16H16AsNO6. The van der Waals surface area contributed by atoms with Gasteiger partial charge >= 0.3 is 141 Å². The molecule has 0 spiro atoms. The molecule has 0 saturated carbocycles. The van der Waals surface area contributed by atoms with Crippen LogP contribution in [0.5, 0.6) is 5.75 Å². The minimum absolute atomic E-state index is 0.0694. The third-order valence-electron chi connectivity index (χ3n) is 3.01. The van der Waals surface area contributed by atoms with E-state index in [1.165, 1.54) is 13.0 Å². The Labute approximate surface area is 141 Å². The van der Waals surface area contributed by atoms with E-state index in [0.29, 0.717) is 5.56 Å². The molecule has 1 amide bonds. The molecule has 2 aromatic carbocycles. The maximum absolute atomic E-state index is 12.5. The van der Waals surface area contributed by atoms with Gasteiger partial charge in [0.15, 0.2) is 0 Å². The molecule has 0 aliphatic rings. The maximum atomic E-state index is 12.5. The molecule has 24 heavy (non-hydrogen) atoms. The number of carbonyl (C=O) groups excluding carboxylic acids is 2. The number of anilines is 1. The van der Waals surface area contributed by atoms with E-state index in [1.807, 2.05) is 0 Å². The first-order valence-electron chi connectivity index (χ1n) is 6.98. The van der Waals surface area contributed by atoms with Crippen molar-refractivity contribution in [3.05, 3.63) is 54.1 Å². The van der Waals surface area contributed by atoms with E-state index in [-0.39, 0.29) is 22.2 Å². The number of aromatic hydroxyl groups is 1. The number of hydrogen-bond acceptors (Lipinski definition) is 5. The summed E-state index contributed by atoms with van der Waals surface area (Å²) in [5.41, 5.74) is 0.575. The van der Waals surface area contributed by atoms with Crippen LogP contribution in [0.4, 0.5) is 5.69 Å². The average Bonchev–Trinajstić information content (AvgIpc) is 2.46. The second-order valence-electron chi connectivity index (χ2n) is 5.03. The van der Waals surface area contributed by atoms with E-state index in [0.717, 1.165) is 12.1 Å². The first-order valence-corrected chi connectivity index (χ1v) is 10.3. The molecule has 1 unspecified atom stereocenters. The van der Waals surface area contributed by atoms with Crippen LogP contribution in [0, 0.1) is 0 Å². The van der Waals surface area contributed by atoms with Crippen LogP contribution in [-0.2, 0) is 23.5 Å². The number of hydrogen-bond donors (Lipinski definition) is 3. The van der Waals surface area contributed by atoms with Gasteiger partial charge < -0.3 is 0 Å². The first kappa shape index (κ1) is 17.8. The molecule has 0 saturated heterocycles. The van der Waals surface area contributed by atoms with Gasteiger partial charge in [0.2, 0.25) is 0 Å². The summed E-state index contributed by atoms with van der Waals surface area (Å²) < 4.78 is 27.2. The quantitative estimate of drug-likeness (QED) is 0.645. The van der Waals surface area contributed by atoms with Crippen LogP contribution in [0.2, 0.25) is 0 Å². The van der Waals surface area contributed by atoms with Gasteiger partial charge in [0.25, 0.3) is 0 Å². The summed E-state index contributed by atoms with van der Waals surface area (Å²) in [5.74, 6) is -1.55. The van der Waals surface area contributed by atoms with Gasteiger partial charge in [-0.05, 0) is 0 Å². The summed E-state index contributed by atoms with van der Waals surface area (Å²) in [4.78, 5) is 23.1. The Bertz CT molecular complexity index is 805. The Morgan fingerprint density at radius 3 is 2.46 bits per heavy atom. The van der Waals surface area contributed by atoms with Crippen molar-refractivity contribution in [2.24, 2.45) is 0 Å². The number of nitrogens with one attached hydrogen (secondary N) is 1.